The Kier molecular flexibility index (Phi) is 6.26. The molecule has 1 heterocycles. The number of halogens is 1. The Balaban J connectivity index is 1.52. The van der Waals surface area contributed by atoms with E-state index in [1.54, 1.807) is 12.1 Å². The van der Waals surface area contributed by atoms with E-state index in [4.69, 9.17) is 11.6 Å². The van der Waals surface area contributed by atoms with Gasteiger partial charge in [-0.1, -0.05) is 41.9 Å². The van der Waals surface area contributed by atoms with Crippen LogP contribution in [0.3, 0.4) is 0 Å². The SMILES string of the molecule is O=C(CN1CCC[C@@H](C(=O)Nc2ccccc2)C1)Nc1ccccc1Cl. The van der Waals surface area contributed by atoms with E-state index in [1.807, 2.05) is 47.4 Å². The van der Waals surface area contributed by atoms with Crippen LogP contribution >= 0.6 is 11.6 Å². The van der Waals surface area contributed by atoms with Crippen LogP contribution < -0.4 is 10.6 Å². The van der Waals surface area contributed by atoms with Crippen molar-refractivity contribution < 1.29 is 9.59 Å². The molecular formula is C20H22ClN3O2. The fourth-order valence-corrected chi connectivity index (χ4v) is 3.32. The average Bonchev–Trinajstić information content (AvgIpc) is 2.64. The first kappa shape index (κ1) is 18.4. The number of benzene rings is 2. The monoisotopic (exact) mass is 371 g/mol. The summed E-state index contributed by atoms with van der Waals surface area (Å²) in [6, 6.07) is 16.6. The van der Waals surface area contributed by atoms with Crippen molar-refractivity contribution in [3.05, 3.63) is 59.6 Å². The van der Waals surface area contributed by atoms with Crippen molar-refractivity contribution in [2.45, 2.75) is 12.8 Å². The van der Waals surface area contributed by atoms with Gasteiger partial charge in [0, 0.05) is 12.2 Å². The largest absolute Gasteiger partial charge is 0.326 e. The van der Waals surface area contributed by atoms with E-state index in [0.29, 0.717) is 17.3 Å². The molecule has 1 aliphatic heterocycles. The summed E-state index contributed by atoms with van der Waals surface area (Å²) in [4.78, 5) is 26.8. The maximum Gasteiger partial charge on any atom is 0.238 e. The molecule has 1 aliphatic rings. The molecule has 0 unspecified atom stereocenters. The van der Waals surface area contributed by atoms with E-state index in [9.17, 15) is 9.59 Å². The zero-order valence-corrected chi connectivity index (χ0v) is 15.2. The lowest BCUT2D eigenvalue weighted by atomic mass is 9.97. The van der Waals surface area contributed by atoms with E-state index < -0.39 is 0 Å². The highest BCUT2D eigenvalue weighted by Crippen LogP contribution is 2.21. The zero-order chi connectivity index (χ0) is 18.4. The summed E-state index contributed by atoms with van der Waals surface area (Å²) >= 11 is 6.07. The third-order valence-corrected chi connectivity index (χ3v) is 4.76. The summed E-state index contributed by atoms with van der Waals surface area (Å²) in [6.07, 6.45) is 1.73. The number of hydrogen-bond donors (Lipinski definition) is 2. The minimum absolute atomic E-state index is 0.00686. The Hall–Kier alpha value is -2.37. The predicted molar refractivity (Wildman–Crippen MR) is 104 cm³/mol. The van der Waals surface area contributed by atoms with Crippen LogP contribution in [0, 0.1) is 5.92 Å². The van der Waals surface area contributed by atoms with Crippen LogP contribution in [0.5, 0.6) is 0 Å². The Morgan fingerprint density at radius 1 is 1.04 bits per heavy atom. The van der Waals surface area contributed by atoms with Gasteiger partial charge in [0.1, 0.15) is 0 Å². The lowest BCUT2D eigenvalue weighted by molar-refractivity contribution is -0.123. The second kappa shape index (κ2) is 8.83. The van der Waals surface area contributed by atoms with E-state index >= 15 is 0 Å². The average molecular weight is 372 g/mol. The molecule has 0 spiro atoms. The molecule has 2 amide bonds. The van der Waals surface area contributed by atoms with E-state index in [-0.39, 0.29) is 24.3 Å². The van der Waals surface area contributed by atoms with Crippen LogP contribution in [0.25, 0.3) is 0 Å². The number of carbonyl (C=O) groups is 2. The molecule has 1 atom stereocenters. The van der Waals surface area contributed by atoms with Crippen molar-refractivity contribution in [2.24, 2.45) is 5.92 Å². The van der Waals surface area contributed by atoms with Crippen molar-refractivity contribution in [2.75, 3.05) is 30.3 Å². The molecule has 3 rings (SSSR count). The summed E-state index contributed by atoms with van der Waals surface area (Å²) in [5.41, 5.74) is 1.40. The van der Waals surface area contributed by atoms with Gasteiger partial charge in [-0.15, -0.1) is 0 Å². The number of rotatable bonds is 5. The number of anilines is 2. The first-order valence-corrected chi connectivity index (χ1v) is 9.12. The van der Waals surface area contributed by atoms with E-state index in [0.717, 1.165) is 25.1 Å². The Labute approximate surface area is 158 Å². The van der Waals surface area contributed by atoms with Gasteiger partial charge in [-0.3, -0.25) is 14.5 Å². The number of piperidine rings is 1. The summed E-state index contributed by atoms with van der Waals surface area (Å²) in [6.45, 7) is 1.64. The molecule has 2 aromatic rings. The van der Waals surface area contributed by atoms with Gasteiger partial charge in [0.25, 0.3) is 0 Å². The van der Waals surface area contributed by atoms with Gasteiger partial charge in [-0.2, -0.15) is 0 Å². The van der Waals surface area contributed by atoms with Crippen LogP contribution in [0.2, 0.25) is 5.02 Å². The van der Waals surface area contributed by atoms with Gasteiger partial charge < -0.3 is 10.6 Å². The minimum Gasteiger partial charge on any atom is -0.326 e. The van der Waals surface area contributed by atoms with Gasteiger partial charge in [-0.25, -0.2) is 0 Å². The molecule has 0 aromatic heterocycles. The lowest BCUT2D eigenvalue weighted by Crippen LogP contribution is -2.44. The maximum atomic E-state index is 12.5. The van der Waals surface area contributed by atoms with Crippen LogP contribution in [0.15, 0.2) is 54.6 Å². The predicted octanol–water partition coefficient (Wildman–Crippen LogP) is 3.63. The van der Waals surface area contributed by atoms with Gasteiger partial charge in [0.05, 0.1) is 23.2 Å². The minimum atomic E-state index is -0.123. The Bertz CT molecular complexity index is 767. The second-order valence-electron chi connectivity index (χ2n) is 6.46. The van der Waals surface area contributed by atoms with Crippen molar-refractivity contribution in [3.8, 4) is 0 Å². The third kappa shape index (κ3) is 5.07. The van der Waals surface area contributed by atoms with Gasteiger partial charge in [0.15, 0.2) is 0 Å². The summed E-state index contributed by atoms with van der Waals surface area (Å²) < 4.78 is 0. The fourth-order valence-electron chi connectivity index (χ4n) is 3.13. The number of carbonyl (C=O) groups excluding carboxylic acids is 2. The number of nitrogens with one attached hydrogen (secondary N) is 2. The summed E-state index contributed by atoms with van der Waals surface area (Å²) in [7, 11) is 0. The molecule has 5 nitrogen and oxygen atoms in total. The van der Waals surface area contributed by atoms with Crippen molar-refractivity contribution in [1.29, 1.82) is 0 Å². The van der Waals surface area contributed by atoms with Gasteiger partial charge in [0.2, 0.25) is 11.8 Å². The molecule has 0 saturated carbocycles. The standard InChI is InChI=1S/C20H22ClN3O2/c21-17-10-4-5-11-18(17)23-19(25)14-24-12-6-7-15(13-24)20(26)22-16-8-2-1-3-9-16/h1-5,8-11,15H,6-7,12-14H2,(H,22,26)(H,23,25)/t15-/m1/s1. The molecule has 26 heavy (non-hydrogen) atoms. The number of hydrogen-bond acceptors (Lipinski definition) is 3. The van der Waals surface area contributed by atoms with Crippen molar-refractivity contribution in [1.82, 2.24) is 4.90 Å². The maximum absolute atomic E-state index is 12.5. The van der Waals surface area contributed by atoms with Crippen LogP contribution in [0.1, 0.15) is 12.8 Å². The smallest absolute Gasteiger partial charge is 0.238 e. The summed E-state index contributed by atoms with van der Waals surface area (Å²) in [5, 5.41) is 6.29. The fraction of sp³-hybridized carbons (Fsp3) is 0.300. The quantitative estimate of drug-likeness (QED) is 0.843. The number of likely N-dealkylation sites (tertiary alicyclic amines) is 1. The first-order valence-electron chi connectivity index (χ1n) is 8.74. The van der Waals surface area contributed by atoms with Gasteiger partial charge >= 0.3 is 0 Å². The van der Waals surface area contributed by atoms with Crippen molar-refractivity contribution in [3.63, 3.8) is 0 Å². The molecule has 6 heteroatoms. The molecule has 136 valence electrons. The third-order valence-electron chi connectivity index (χ3n) is 4.43. The molecule has 0 bridgehead atoms. The molecule has 0 aliphatic carbocycles. The molecule has 2 N–H and O–H groups in total. The molecule has 1 saturated heterocycles. The Morgan fingerprint density at radius 3 is 2.54 bits per heavy atom. The second-order valence-corrected chi connectivity index (χ2v) is 6.86. The number of nitrogens with zero attached hydrogens (tertiary/aromatic N) is 1. The first-order chi connectivity index (χ1) is 12.6. The highest BCUT2D eigenvalue weighted by Gasteiger charge is 2.27. The Morgan fingerprint density at radius 2 is 1.77 bits per heavy atom. The summed E-state index contributed by atoms with van der Waals surface area (Å²) in [5.74, 6) is -0.230. The van der Waals surface area contributed by atoms with Crippen LogP contribution in [0.4, 0.5) is 11.4 Å². The number of amides is 2. The van der Waals surface area contributed by atoms with E-state index in [2.05, 4.69) is 10.6 Å². The topological polar surface area (TPSA) is 61.4 Å². The van der Waals surface area contributed by atoms with Crippen LogP contribution in [-0.4, -0.2) is 36.3 Å². The van der Waals surface area contributed by atoms with Gasteiger partial charge in [-0.05, 0) is 43.7 Å². The normalized spacial score (nSPS) is 17.5. The van der Waals surface area contributed by atoms with Crippen LogP contribution in [-0.2, 0) is 9.59 Å². The molecule has 1 fully saturated rings. The highest BCUT2D eigenvalue weighted by atomic mass is 35.5. The van der Waals surface area contributed by atoms with Crippen molar-refractivity contribution >= 4 is 34.8 Å². The number of para-hydroxylation sites is 2. The highest BCUT2D eigenvalue weighted by molar-refractivity contribution is 6.33. The zero-order valence-electron chi connectivity index (χ0n) is 14.5. The molecule has 2 aromatic carbocycles. The molecule has 0 radical (unpaired) electrons. The van der Waals surface area contributed by atoms with E-state index in [1.165, 1.54) is 0 Å². The lowest BCUT2D eigenvalue weighted by Gasteiger charge is -2.31. The molecular weight excluding hydrogens is 350 g/mol.